The van der Waals surface area contributed by atoms with Gasteiger partial charge in [0.05, 0.1) is 0 Å². The summed E-state index contributed by atoms with van der Waals surface area (Å²) >= 11 is 0. The van der Waals surface area contributed by atoms with Crippen molar-refractivity contribution in [1.29, 1.82) is 0 Å². The number of nitrogens with zero attached hydrogens (tertiary/aromatic N) is 1. The molecule has 35 heavy (non-hydrogen) atoms. The summed E-state index contributed by atoms with van der Waals surface area (Å²) < 4.78 is 5.43. The SMILES string of the molecule is CCN(C(=O)C(Cc1ccccc1)NC(=O)OC(C)(C)C)C(C(=O)NC(C)C)c1cccc(C)c1. The second-order valence-corrected chi connectivity index (χ2v) is 9.99. The third-order valence-corrected chi connectivity index (χ3v) is 5.24. The maximum atomic E-state index is 13.9. The van der Waals surface area contributed by atoms with Gasteiger partial charge in [0.1, 0.15) is 17.7 Å². The van der Waals surface area contributed by atoms with Gasteiger partial charge in [-0.3, -0.25) is 9.59 Å². The Morgan fingerprint density at radius 1 is 0.971 bits per heavy atom. The Labute approximate surface area is 209 Å². The number of hydrogen-bond acceptors (Lipinski definition) is 4. The number of hydrogen-bond donors (Lipinski definition) is 2. The number of carbonyl (C=O) groups is 3. The highest BCUT2D eigenvalue weighted by atomic mass is 16.6. The maximum absolute atomic E-state index is 13.9. The molecule has 0 heterocycles. The van der Waals surface area contributed by atoms with E-state index in [-0.39, 0.29) is 30.8 Å². The molecule has 7 heteroatoms. The highest BCUT2D eigenvalue weighted by Crippen LogP contribution is 2.24. The Hall–Kier alpha value is -3.35. The predicted molar refractivity (Wildman–Crippen MR) is 138 cm³/mol. The van der Waals surface area contributed by atoms with Crippen molar-refractivity contribution >= 4 is 17.9 Å². The van der Waals surface area contributed by atoms with Gasteiger partial charge in [-0.1, -0.05) is 60.2 Å². The summed E-state index contributed by atoms with van der Waals surface area (Å²) in [5, 5.41) is 5.70. The second-order valence-electron chi connectivity index (χ2n) is 9.99. The lowest BCUT2D eigenvalue weighted by Gasteiger charge is -2.34. The van der Waals surface area contributed by atoms with Crippen LogP contribution in [0.4, 0.5) is 4.79 Å². The Kier molecular flexibility index (Phi) is 9.87. The molecule has 2 aromatic rings. The fourth-order valence-electron chi connectivity index (χ4n) is 3.84. The van der Waals surface area contributed by atoms with E-state index in [9.17, 15) is 14.4 Å². The molecule has 0 spiro atoms. The van der Waals surface area contributed by atoms with E-state index < -0.39 is 23.8 Å². The van der Waals surface area contributed by atoms with E-state index in [2.05, 4.69) is 10.6 Å². The molecule has 0 radical (unpaired) electrons. The molecule has 7 nitrogen and oxygen atoms in total. The first-order valence-electron chi connectivity index (χ1n) is 12.1. The Morgan fingerprint density at radius 3 is 2.17 bits per heavy atom. The van der Waals surface area contributed by atoms with Gasteiger partial charge in [0.25, 0.3) is 0 Å². The molecule has 2 aromatic carbocycles. The van der Waals surface area contributed by atoms with E-state index in [0.29, 0.717) is 5.56 Å². The van der Waals surface area contributed by atoms with Crippen LogP contribution in [0.1, 0.15) is 64.3 Å². The van der Waals surface area contributed by atoms with Crippen molar-refractivity contribution in [3.8, 4) is 0 Å². The van der Waals surface area contributed by atoms with Gasteiger partial charge in [0.15, 0.2) is 0 Å². The molecule has 0 bridgehead atoms. The summed E-state index contributed by atoms with van der Waals surface area (Å²) in [6, 6.07) is 15.2. The topological polar surface area (TPSA) is 87.7 Å². The normalized spacial score (nSPS) is 13.0. The molecule has 0 aromatic heterocycles. The van der Waals surface area contributed by atoms with Crippen LogP contribution in [0.3, 0.4) is 0 Å². The minimum atomic E-state index is -0.911. The summed E-state index contributed by atoms with van der Waals surface area (Å²) in [7, 11) is 0. The van der Waals surface area contributed by atoms with E-state index in [0.717, 1.165) is 11.1 Å². The molecule has 2 atom stereocenters. The molecule has 0 aliphatic carbocycles. The molecule has 2 unspecified atom stereocenters. The Balaban J connectivity index is 2.45. The quantitative estimate of drug-likeness (QED) is 0.550. The fourth-order valence-corrected chi connectivity index (χ4v) is 3.84. The number of amides is 3. The van der Waals surface area contributed by atoms with Gasteiger partial charge in [-0.15, -0.1) is 0 Å². The molecule has 190 valence electrons. The molecule has 2 rings (SSSR count). The number of aryl methyl sites for hydroxylation is 1. The first-order chi connectivity index (χ1) is 16.4. The molecule has 2 N–H and O–H groups in total. The van der Waals surface area contributed by atoms with E-state index in [1.165, 1.54) is 4.90 Å². The molecule has 0 saturated carbocycles. The van der Waals surface area contributed by atoms with E-state index in [1.54, 1.807) is 20.8 Å². The van der Waals surface area contributed by atoms with Crippen molar-refractivity contribution in [2.24, 2.45) is 0 Å². The fraction of sp³-hybridized carbons (Fsp3) is 0.464. The van der Waals surface area contributed by atoms with Crippen molar-refractivity contribution in [3.05, 3.63) is 71.3 Å². The van der Waals surface area contributed by atoms with Crippen LogP contribution in [0.2, 0.25) is 0 Å². The Bertz CT molecular complexity index is 999. The minimum absolute atomic E-state index is 0.0939. The lowest BCUT2D eigenvalue weighted by atomic mass is 9.99. The van der Waals surface area contributed by atoms with Gasteiger partial charge in [-0.2, -0.15) is 0 Å². The number of alkyl carbamates (subject to hydrolysis) is 1. The van der Waals surface area contributed by atoms with Gasteiger partial charge >= 0.3 is 6.09 Å². The van der Waals surface area contributed by atoms with Crippen molar-refractivity contribution in [3.63, 3.8) is 0 Å². The van der Waals surface area contributed by atoms with Crippen LogP contribution in [-0.4, -0.2) is 47.0 Å². The van der Waals surface area contributed by atoms with Crippen LogP contribution in [0.25, 0.3) is 0 Å². The maximum Gasteiger partial charge on any atom is 0.408 e. The standard InChI is InChI=1S/C28H39N3O4/c1-8-31(24(25(32)29-19(2)3)22-16-12-13-20(4)17-22)26(33)23(18-21-14-10-9-11-15-21)30-27(34)35-28(5,6)7/h9-17,19,23-24H,8,18H2,1-7H3,(H,29,32)(H,30,34). The molecule has 0 aliphatic heterocycles. The molecular weight excluding hydrogens is 442 g/mol. The van der Waals surface area contributed by atoms with Gasteiger partial charge < -0.3 is 20.3 Å². The van der Waals surface area contributed by atoms with Crippen LogP contribution in [-0.2, 0) is 20.7 Å². The summed E-state index contributed by atoms with van der Waals surface area (Å²) in [4.78, 5) is 41.5. The lowest BCUT2D eigenvalue weighted by Crippen LogP contribution is -2.54. The smallest absolute Gasteiger partial charge is 0.408 e. The van der Waals surface area contributed by atoms with E-state index >= 15 is 0 Å². The van der Waals surface area contributed by atoms with E-state index in [4.69, 9.17) is 4.74 Å². The number of ether oxygens (including phenoxy) is 1. The molecule has 3 amide bonds. The highest BCUT2D eigenvalue weighted by Gasteiger charge is 2.35. The number of likely N-dealkylation sites (N-methyl/N-ethyl adjacent to an activating group) is 1. The highest BCUT2D eigenvalue weighted by molar-refractivity contribution is 5.92. The minimum Gasteiger partial charge on any atom is -0.444 e. The summed E-state index contributed by atoms with van der Waals surface area (Å²) in [5.41, 5.74) is 1.88. The molecular formula is C28H39N3O4. The summed E-state index contributed by atoms with van der Waals surface area (Å²) in [5.74, 6) is -0.621. The average molecular weight is 482 g/mol. The third kappa shape index (κ3) is 8.74. The average Bonchev–Trinajstić information content (AvgIpc) is 2.75. The van der Waals surface area contributed by atoms with E-state index in [1.807, 2.05) is 82.3 Å². The first kappa shape index (κ1) is 27.9. The molecule has 0 saturated heterocycles. The number of carbonyl (C=O) groups excluding carboxylic acids is 3. The largest absolute Gasteiger partial charge is 0.444 e. The predicted octanol–water partition coefficient (Wildman–Crippen LogP) is 4.55. The van der Waals surface area contributed by atoms with Crippen molar-refractivity contribution < 1.29 is 19.1 Å². The zero-order chi connectivity index (χ0) is 26.2. The van der Waals surface area contributed by atoms with Gasteiger partial charge in [0, 0.05) is 19.0 Å². The second kappa shape index (κ2) is 12.4. The van der Waals surface area contributed by atoms with Crippen LogP contribution in [0.5, 0.6) is 0 Å². The van der Waals surface area contributed by atoms with Gasteiger partial charge in [-0.05, 0) is 59.6 Å². The number of nitrogens with one attached hydrogen (secondary N) is 2. The first-order valence-corrected chi connectivity index (χ1v) is 12.1. The van der Waals surface area contributed by atoms with Gasteiger partial charge in [-0.25, -0.2) is 4.79 Å². The number of rotatable bonds is 9. The van der Waals surface area contributed by atoms with Crippen molar-refractivity contribution in [2.75, 3.05) is 6.54 Å². The third-order valence-electron chi connectivity index (χ3n) is 5.24. The van der Waals surface area contributed by atoms with Crippen LogP contribution in [0, 0.1) is 6.92 Å². The zero-order valence-corrected chi connectivity index (χ0v) is 21.9. The monoisotopic (exact) mass is 481 g/mol. The van der Waals surface area contributed by atoms with Crippen molar-refractivity contribution in [1.82, 2.24) is 15.5 Å². The lowest BCUT2D eigenvalue weighted by molar-refractivity contribution is -0.142. The molecule has 0 aliphatic rings. The zero-order valence-electron chi connectivity index (χ0n) is 21.9. The molecule has 0 fully saturated rings. The van der Waals surface area contributed by atoms with Gasteiger partial charge in [0.2, 0.25) is 11.8 Å². The number of benzene rings is 2. The summed E-state index contributed by atoms with van der Waals surface area (Å²) in [6.45, 7) is 13.1. The summed E-state index contributed by atoms with van der Waals surface area (Å²) in [6.07, 6.45) is -0.413. The van der Waals surface area contributed by atoms with Crippen LogP contribution in [0.15, 0.2) is 54.6 Å². The van der Waals surface area contributed by atoms with Crippen molar-refractivity contribution in [2.45, 2.75) is 78.6 Å². The Morgan fingerprint density at radius 2 is 1.63 bits per heavy atom. The van der Waals surface area contributed by atoms with Crippen LogP contribution < -0.4 is 10.6 Å². The van der Waals surface area contributed by atoms with Crippen LogP contribution >= 0.6 is 0 Å².